The largest absolute Gasteiger partial charge is 0.376 e. The fraction of sp³-hybridized carbons (Fsp3) is 0.909. The van der Waals surface area contributed by atoms with Crippen LogP contribution in [0.1, 0.15) is 26.2 Å². The standard InChI is InChI=1S/C11H20N2O2/c1-8(10-4-2-3-5-15-10)13-11(14)9-6-12-7-9/h8-10,12H,2-7H2,1H3,(H,13,14). The van der Waals surface area contributed by atoms with Crippen molar-refractivity contribution in [2.45, 2.75) is 38.3 Å². The first-order valence-corrected chi connectivity index (χ1v) is 5.90. The Kier molecular flexibility index (Phi) is 3.59. The molecule has 2 unspecified atom stereocenters. The van der Waals surface area contributed by atoms with Crippen LogP contribution in [0.25, 0.3) is 0 Å². The quantitative estimate of drug-likeness (QED) is 0.706. The molecule has 86 valence electrons. The van der Waals surface area contributed by atoms with E-state index in [-0.39, 0.29) is 24.0 Å². The van der Waals surface area contributed by atoms with Crippen LogP contribution in [0, 0.1) is 5.92 Å². The number of carbonyl (C=O) groups is 1. The van der Waals surface area contributed by atoms with E-state index in [0.717, 1.165) is 32.5 Å². The number of hydrogen-bond acceptors (Lipinski definition) is 3. The second-order valence-corrected chi connectivity index (χ2v) is 4.56. The number of nitrogens with one attached hydrogen (secondary N) is 2. The molecular weight excluding hydrogens is 192 g/mol. The molecule has 4 nitrogen and oxygen atoms in total. The highest BCUT2D eigenvalue weighted by molar-refractivity contribution is 5.80. The molecule has 0 bridgehead atoms. The number of rotatable bonds is 3. The first kappa shape index (κ1) is 10.9. The molecule has 0 aromatic heterocycles. The predicted octanol–water partition coefficient (Wildman–Crippen LogP) is 0.280. The fourth-order valence-electron chi connectivity index (χ4n) is 2.07. The Morgan fingerprint density at radius 1 is 1.47 bits per heavy atom. The minimum atomic E-state index is 0.151. The van der Waals surface area contributed by atoms with Gasteiger partial charge in [0, 0.05) is 19.7 Å². The molecule has 0 aromatic rings. The summed E-state index contributed by atoms with van der Waals surface area (Å²) in [6.45, 7) is 4.53. The van der Waals surface area contributed by atoms with Crippen molar-refractivity contribution < 1.29 is 9.53 Å². The number of hydrogen-bond donors (Lipinski definition) is 2. The molecule has 2 N–H and O–H groups in total. The number of ether oxygens (including phenoxy) is 1. The molecule has 2 atom stereocenters. The third-order valence-electron chi connectivity index (χ3n) is 3.29. The molecule has 1 amide bonds. The maximum atomic E-state index is 11.7. The first-order valence-electron chi connectivity index (χ1n) is 5.90. The van der Waals surface area contributed by atoms with Crippen LogP contribution in [0.15, 0.2) is 0 Å². The van der Waals surface area contributed by atoms with Crippen LogP contribution >= 0.6 is 0 Å². The van der Waals surface area contributed by atoms with Crippen molar-refractivity contribution in [1.82, 2.24) is 10.6 Å². The lowest BCUT2D eigenvalue weighted by Crippen LogP contribution is -2.54. The molecule has 0 saturated carbocycles. The van der Waals surface area contributed by atoms with E-state index >= 15 is 0 Å². The van der Waals surface area contributed by atoms with Crippen molar-refractivity contribution in [3.05, 3.63) is 0 Å². The van der Waals surface area contributed by atoms with Crippen molar-refractivity contribution in [2.24, 2.45) is 5.92 Å². The molecule has 2 aliphatic rings. The van der Waals surface area contributed by atoms with Crippen molar-refractivity contribution in [3.63, 3.8) is 0 Å². The molecular formula is C11H20N2O2. The Balaban J connectivity index is 1.74. The summed E-state index contributed by atoms with van der Waals surface area (Å²) in [7, 11) is 0. The van der Waals surface area contributed by atoms with Crippen LogP contribution in [0.5, 0.6) is 0 Å². The molecule has 2 saturated heterocycles. The predicted molar refractivity (Wildman–Crippen MR) is 57.6 cm³/mol. The molecule has 0 spiro atoms. The summed E-state index contributed by atoms with van der Waals surface area (Å²) in [6.07, 6.45) is 3.67. The summed E-state index contributed by atoms with van der Waals surface area (Å²) in [5, 5.41) is 6.15. The zero-order valence-electron chi connectivity index (χ0n) is 9.29. The van der Waals surface area contributed by atoms with Gasteiger partial charge < -0.3 is 15.4 Å². The third-order valence-corrected chi connectivity index (χ3v) is 3.29. The molecule has 4 heteroatoms. The van der Waals surface area contributed by atoms with E-state index in [1.165, 1.54) is 6.42 Å². The van der Waals surface area contributed by atoms with Gasteiger partial charge in [-0.25, -0.2) is 0 Å². The van der Waals surface area contributed by atoms with Gasteiger partial charge in [-0.1, -0.05) is 0 Å². The monoisotopic (exact) mass is 212 g/mol. The van der Waals surface area contributed by atoms with E-state index in [9.17, 15) is 4.79 Å². The third kappa shape index (κ3) is 2.69. The Hall–Kier alpha value is -0.610. The second kappa shape index (κ2) is 4.94. The minimum absolute atomic E-state index is 0.151. The van der Waals surface area contributed by atoms with Gasteiger partial charge in [0.1, 0.15) is 0 Å². The van der Waals surface area contributed by atoms with Crippen molar-refractivity contribution in [2.75, 3.05) is 19.7 Å². The smallest absolute Gasteiger partial charge is 0.225 e. The van der Waals surface area contributed by atoms with Crippen LogP contribution in [-0.2, 0) is 9.53 Å². The van der Waals surface area contributed by atoms with Gasteiger partial charge in [-0.2, -0.15) is 0 Å². The molecule has 2 heterocycles. The molecule has 0 aliphatic carbocycles. The molecule has 2 fully saturated rings. The Labute approximate surface area is 90.8 Å². The highest BCUT2D eigenvalue weighted by Crippen LogP contribution is 2.16. The van der Waals surface area contributed by atoms with E-state index in [2.05, 4.69) is 10.6 Å². The summed E-state index contributed by atoms with van der Waals surface area (Å²) in [5.74, 6) is 0.353. The number of carbonyl (C=O) groups excluding carboxylic acids is 1. The number of amides is 1. The van der Waals surface area contributed by atoms with Gasteiger partial charge in [-0.15, -0.1) is 0 Å². The second-order valence-electron chi connectivity index (χ2n) is 4.56. The van der Waals surface area contributed by atoms with Crippen LogP contribution < -0.4 is 10.6 Å². The first-order chi connectivity index (χ1) is 7.27. The van der Waals surface area contributed by atoms with E-state index in [4.69, 9.17) is 4.74 Å². The van der Waals surface area contributed by atoms with Gasteiger partial charge in [-0.05, 0) is 26.2 Å². The highest BCUT2D eigenvalue weighted by atomic mass is 16.5. The molecule has 2 aliphatic heterocycles. The molecule has 2 rings (SSSR count). The normalized spacial score (nSPS) is 29.3. The highest BCUT2D eigenvalue weighted by Gasteiger charge is 2.28. The molecule has 0 radical (unpaired) electrons. The van der Waals surface area contributed by atoms with Gasteiger partial charge in [0.05, 0.1) is 18.1 Å². The Bertz CT molecular complexity index is 223. The lowest BCUT2D eigenvalue weighted by Gasteiger charge is -2.32. The van der Waals surface area contributed by atoms with E-state index in [0.29, 0.717) is 0 Å². The maximum absolute atomic E-state index is 11.7. The van der Waals surface area contributed by atoms with Crippen molar-refractivity contribution in [1.29, 1.82) is 0 Å². The lowest BCUT2D eigenvalue weighted by atomic mass is 9.99. The van der Waals surface area contributed by atoms with Gasteiger partial charge in [-0.3, -0.25) is 4.79 Å². The summed E-state index contributed by atoms with van der Waals surface area (Å²) < 4.78 is 5.64. The zero-order chi connectivity index (χ0) is 10.7. The summed E-state index contributed by atoms with van der Waals surface area (Å²) in [5.41, 5.74) is 0. The van der Waals surface area contributed by atoms with Gasteiger partial charge in [0.25, 0.3) is 0 Å². The maximum Gasteiger partial charge on any atom is 0.225 e. The Morgan fingerprint density at radius 2 is 2.27 bits per heavy atom. The lowest BCUT2D eigenvalue weighted by molar-refractivity contribution is -0.128. The zero-order valence-corrected chi connectivity index (χ0v) is 9.29. The topological polar surface area (TPSA) is 50.4 Å². The van der Waals surface area contributed by atoms with E-state index in [1.54, 1.807) is 0 Å². The van der Waals surface area contributed by atoms with E-state index in [1.807, 2.05) is 6.92 Å². The Morgan fingerprint density at radius 3 is 2.80 bits per heavy atom. The summed E-state index contributed by atoms with van der Waals surface area (Å²) in [6, 6.07) is 0.151. The molecule has 0 aromatic carbocycles. The minimum Gasteiger partial charge on any atom is -0.376 e. The van der Waals surface area contributed by atoms with Gasteiger partial charge >= 0.3 is 0 Å². The average molecular weight is 212 g/mol. The summed E-state index contributed by atoms with van der Waals surface area (Å²) >= 11 is 0. The SMILES string of the molecule is CC(NC(=O)C1CNC1)C1CCCCO1. The van der Waals surface area contributed by atoms with Crippen LogP contribution in [0.2, 0.25) is 0 Å². The van der Waals surface area contributed by atoms with Crippen LogP contribution in [-0.4, -0.2) is 37.7 Å². The summed E-state index contributed by atoms with van der Waals surface area (Å²) in [4.78, 5) is 11.7. The van der Waals surface area contributed by atoms with Crippen molar-refractivity contribution in [3.8, 4) is 0 Å². The van der Waals surface area contributed by atoms with Crippen molar-refractivity contribution >= 4 is 5.91 Å². The molecule has 15 heavy (non-hydrogen) atoms. The van der Waals surface area contributed by atoms with Crippen LogP contribution in [0.3, 0.4) is 0 Å². The van der Waals surface area contributed by atoms with Gasteiger partial charge in [0.15, 0.2) is 0 Å². The van der Waals surface area contributed by atoms with Gasteiger partial charge in [0.2, 0.25) is 5.91 Å². The van der Waals surface area contributed by atoms with E-state index < -0.39 is 0 Å². The average Bonchev–Trinajstić information content (AvgIpc) is 2.16. The van der Waals surface area contributed by atoms with Crippen LogP contribution in [0.4, 0.5) is 0 Å². The fourth-order valence-corrected chi connectivity index (χ4v) is 2.07.